The van der Waals surface area contributed by atoms with Crippen LogP contribution >= 0.6 is 15.9 Å². The van der Waals surface area contributed by atoms with E-state index in [1.165, 1.54) is 10.4 Å². The second-order valence-electron chi connectivity index (χ2n) is 7.47. The number of ether oxygens (including phenoxy) is 2. The Balaban J connectivity index is 1.56. The van der Waals surface area contributed by atoms with E-state index in [4.69, 9.17) is 4.74 Å². The maximum absolute atomic E-state index is 13.1. The third kappa shape index (κ3) is 4.60. The summed E-state index contributed by atoms with van der Waals surface area (Å²) in [6, 6.07) is 9.23. The van der Waals surface area contributed by atoms with Gasteiger partial charge in [-0.1, -0.05) is 15.9 Å². The van der Waals surface area contributed by atoms with Crippen molar-refractivity contribution < 1.29 is 31.1 Å². The zero-order valence-electron chi connectivity index (χ0n) is 16.9. The highest BCUT2D eigenvalue weighted by molar-refractivity contribution is 9.10. The van der Waals surface area contributed by atoms with Crippen LogP contribution in [0.25, 0.3) is 10.9 Å². The van der Waals surface area contributed by atoms with Gasteiger partial charge in [0.05, 0.1) is 7.11 Å². The van der Waals surface area contributed by atoms with Gasteiger partial charge in [-0.15, -0.1) is 13.2 Å². The summed E-state index contributed by atoms with van der Waals surface area (Å²) in [7, 11) is -2.57. The van der Waals surface area contributed by atoms with E-state index < -0.39 is 27.0 Å². The molecular weight excluding hydrogens is 513 g/mol. The van der Waals surface area contributed by atoms with Crippen molar-refractivity contribution in [3.8, 4) is 11.5 Å². The van der Waals surface area contributed by atoms with Gasteiger partial charge < -0.3 is 14.5 Å². The van der Waals surface area contributed by atoms with Crippen LogP contribution < -0.4 is 9.47 Å². The van der Waals surface area contributed by atoms with Crippen LogP contribution in [0.1, 0.15) is 24.3 Å². The molecule has 2 aromatic carbocycles. The molecule has 1 N–H and O–H groups in total. The molecule has 2 heterocycles. The molecule has 1 aliphatic rings. The van der Waals surface area contributed by atoms with Crippen LogP contribution in [0.3, 0.4) is 0 Å². The molecule has 0 amide bonds. The summed E-state index contributed by atoms with van der Waals surface area (Å²) in [5.41, 5.74) is 2.03. The number of piperidine rings is 1. The first-order chi connectivity index (χ1) is 15.1. The van der Waals surface area contributed by atoms with Crippen LogP contribution in [0, 0.1) is 0 Å². The average molecular weight is 533 g/mol. The van der Waals surface area contributed by atoms with Gasteiger partial charge in [-0.3, -0.25) is 0 Å². The lowest BCUT2D eigenvalue weighted by atomic mass is 9.90. The summed E-state index contributed by atoms with van der Waals surface area (Å²) >= 11 is 3.06. The lowest BCUT2D eigenvalue weighted by molar-refractivity contribution is -0.275. The molecule has 3 aromatic rings. The summed E-state index contributed by atoms with van der Waals surface area (Å²) < 4.78 is 75.5. The summed E-state index contributed by atoms with van der Waals surface area (Å²) in [4.78, 5) is 2.72. The largest absolute Gasteiger partial charge is 0.573 e. The third-order valence-electron chi connectivity index (χ3n) is 5.56. The van der Waals surface area contributed by atoms with Crippen molar-refractivity contribution in [3.63, 3.8) is 0 Å². The Labute approximate surface area is 191 Å². The lowest BCUT2D eigenvalue weighted by Crippen LogP contribution is -2.38. The van der Waals surface area contributed by atoms with Crippen molar-refractivity contribution in [2.24, 2.45) is 0 Å². The normalized spacial score (nSPS) is 16.4. The Morgan fingerprint density at radius 2 is 1.84 bits per heavy atom. The number of nitrogens with one attached hydrogen (secondary N) is 1. The van der Waals surface area contributed by atoms with Gasteiger partial charge in [-0.05, 0) is 60.7 Å². The summed E-state index contributed by atoms with van der Waals surface area (Å²) in [5, 5.41) is 1.01. The minimum atomic E-state index is -5.01. The fourth-order valence-corrected chi connectivity index (χ4v) is 5.94. The van der Waals surface area contributed by atoms with Crippen LogP contribution in [-0.2, 0) is 10.0 Å². The van der Waals surface area contributed by atoms with E-state index in [9.17, 15) is 21.6 Å². The predicted octanol–water partition coefficient (Wildman–Crippen LogP) is 5.41. The smallest absolute Gasteiger partial charge is 0.497 e. The zero-order valence-corrected chi connectivity index (χ0v) is 19.4. The Kier molecular flexibility index (Phi) is 6.17. The van der Waals surface area contributed by atoms with Crippen LogP contribution in [0.5, 0.6) is 11.5 Å². The van der Waals surface area contributed by atoms with E-state index in [-0.39, 0.29) is 23.5 Å². The van der Waals surface area contributed by atoms with Crippen molar-refractivity contribution in [2.75, 3.05) is 20.2 Å². The van der Waals surface area contributed by atoms with Crippen molar-refractivity contribution in [1.82, 2.24) is 9.29 Å². The molecule has 1 fully saturated rings. The number of H-pyrrole nitrogens is 1. The second kappa shape index (κ2) is 8.60. The highest BCUT2D eigenvalue weighted by Crippen LogP contribution is 2.38. The van der Waals surface area contributed by atoms with Crippen LogP contribution in [0.4, 0.5) is 13.2 Å². The first kappa shape index (κ1) is 22.9. The molecular formula is C21H20BrF3N2O4S. The predicted molar refractivity (Wildman–Crippen MR) is 116 cm³/mol. The number of nitrogens with zero attached hydrogens (tertiary/aromatic N) is 1. The molecule has 0 aliphatic carbocycles. The fourth-order valence-electron chi connectivity index (χ4n) is 4.03. The number of fused-ring (bicyclic) bond motifs is 1. The molecule has 1 aromatic heterocycles. The van der Waals surface area contributed by atoms with E-state index in [1.807, 2.05) is 24.4 Å². The van der Waals surface area contributed by atoms with Crippen molar-refractivity contribution in [3.05, 3.63) is 52.6 Å². The Morgan fingerprint density at radius 1 is 1.12 bits per heavy atom. The highest BCUT2D eigenvalue weighted by Gasteiger charge is 2.37. The molecule has 4 rings (SSSR count). The van der Waals surface area contributed by atoms with Crippen LogP contribution in [0.2, 0.25) is 0 Å². The van der Waals surface area contributed by atoms with E-state index in [2.05, 4.69) is 25.7 Å². The minimum absolute atomic E-state index is 0.109. The third-order valence-corrected chi connectivity index (χ3v) is 8.00. The Bertz CT molecular complexity index is 1240. The molecule has 0 unspecified atom stereocenters. The number of hydrogen-bond acceptors (Lipinski definition) is 4. The monoisotopic (exact) mass is 532 g/mol. The van der Waals surface area contributed by atoms with Crippen LogP contribution in [-0.4, -0.2) is 44.3 Å². The maximum Gasteiger partial charge on any atom is 0.573 e. The van der Waals surface area contributed by atoms with Gasteiger partial charge in [0, 0.05) is 34.7 Å². The van der Waals surface area contributed by atoms with E-state index in [0.717, 1.165) is 34.3 Å². The molecule has 0 saturated carbocycles. The molecule has 0 radical (unpaired) electrons. The first-order valence-electron chi connectivity index (χ1n) is 9.79. The number of benzene rings is 2. The number of aromatic amines is 1. The number of halogens is 4. The zero-order chi connectivity index (χ0) is 23.1. The Hall–Kier alpha value is -2.24. The fraction of sp³-hybridized carbons (Fsp3) is 0.333. The molecule has 32 heavy (non-hydrogen) atoms. The lowest BCUT2D eigenvalue weighted by Gasteiger charge is -2.31. The molecule has 0 spiro atoms. The SMILES string of the molecule is COc1ccc2[nH]cc(C3CCN(S(=O)(=O)c4ccc(Br)cc4OC(F)(F)F)CC3)c2c1. The first-order valence-corrected chi connectivity index (χ1v) is 12.0. The number of aromatic nitrogens is 1. The van der Waals surface area contributed by atoms with E-state index in [1.54, 1.807) is 7.11 Å². The van der Waals surface area contributed by atoms with E-state index in [0.29, 0.717) is 12.8 Å². The second-order valence-corrected chi connectivity index (χ2v) is 10.3. The van der Waals surface area contributed by atoms with Gasteiger partial charge in [-0.25, -0.2) is 8.42 Å². The maximum atomic E-state index is 13.1. The highest BCUT2D eigenvalue weighted by atomic mass is 79.9. The molecule has 0 atom stereocenters. The van der Waals surface area contributed by atoms with Gasteiger partial charge in [0.1, 0.15) is 10.6 Å². The van der Waals surface area contributed by atoms with Gasteiger partial charge in [0.2, 0.25) is 10.0 Å². The summed E-state index contributed by atoms with van der Waals surface area (Å²) in [6.45, 7) is 0.371. The standard InChI is InChI=1S/C21H20BrF3N2O4S/c1-30-15-3-4-18-16(11-15)17(12-26-18)13-6-8-27(9-7-13)32(28,29)20-5-2-14(22)10-19(20)31-21(23,24)25/h2-5,10-13,26H,6-9H2,1H3. The number of alkyl halides is 3. The summed E-state index contributed by atoms with van der Waals surface area (Å²) in [6.07, 6.45) is -2.01. The van der Waals surface area contributed by atoms with Crippen molar-refractivity contribution in [1.29, 1.82) is 0 Å². The van der Waals surface area contributed by atoms with Gasteiger partial charge in [-0.2, -0.15) is 4.31 Å². The number of hydrogen-bond donors (Lipinski definition) is 1. The number of sulfonamides is 1. The quantitative estimate of drug-likeness (QED) is 0.477. The molecule has 6 nitrogen and oxygen atoms in total. The topological polar surface area (TPSA) is 71.6 Å². The number of rotatable bonds is 5. The molecule has 1 aliphatic heterocycles. The van der Waals surface area contributed by atoms with E-state index >= 15 is 0 Å². The van der Waals surface area contributed by atoms with Crippen molar-refractivity contribution in [2.45, 2.75) is 30.0 Å². The average Bonchev–Trinajstić information content (AvgIpc) is 3.15. The van der Waals surface area contributed by atoms with Gasteiger partial charge >= 0.3 is 6.36 Å². The summed E-state index contributed by atoms with van der Waals surface area (Å²) in [5.74, 6) is 0.0848. The van der Waals surface area contributed by atoms with Gasteiger partial charge in [0.15, 0.2) is 5.75 Å². The number of methoxy groups -OCH3 is 1. The molecule has 0 bridgehead atoms. The van der Waals surface area contributed by atoms with Crippen molar-refractivity contribution >= 4 is 36.9 Å². The molecule has 11 heteroatoms. The molecule has 172 valence electrons. The Morgan fingerprint density at radius 3 is 2.50 bits per heavy atom. The van der Waals surface area contributed by atoms with Gasteiger partial charge in [0.25, 0.3) is 0 Å². The minimum Gasteiger partial charge on any atom is -0.497 e. The molecule has 1 saturated heterocycles. The van der Waals surface area contributed by atoms with Crippen LogP contribution in [0.15, 0.2) is 52.0 Å².